The maximum absolute atomic E-state index is 13.6. The smallest absolute Gasteiger partial charge is 0.240 e. The Morgan fingerprint density at radius 3 is 2.42 bits per heavy atom. The Hall–Kier alpha value is -1.96. The Balaban J connectivity index is 1.78. The largest absolute Gasteiger partial charge is 0.494 e. The standard InChI is InChI=1S/C17H21FN2O3S/c1-13-3-6-15(7-4-13)24(21,22)20-10-9-19-12-14-5-8-17(23-2)16(18)11-14/h3-8,11,19-20H,9-10,12H2,1-2H3. The summed E-state index contributed by atoms with van der Waals surface area (Å²) in [5.74, 6) is -0.221. The highest BCUT2D eigenvalue weighted by Crippen LogP contribution is 2.17. The highest BCUT2D eigenvalue weighted by Gasteiger charge is 2.12. The van der Waals surface area contributed by atoms with Crippen LogP contribution in [0.4, 0.5) is 4.39 Å². The molecule has 7 heteroatoms. The maximum atomic E-state index is 13.6. The summed E-state index contributed by atoms with van der Waals surface area (Å²) in [5, 5.41) is 3.07. The van der Waals surface area contributed by atoms with E-state index >= 15 is 0 Å². The van der Waals surface area contributed by atoms with Crippen molar-refractivity contribution in [1.82, 2.24) is 10.0 Å². The van der Waals surface area contributed by atoms with Crippen LogP contribution in [0.1, 0.15) is 11.1 Å². The number of methoxy groups -OCH3 is 1. The van der Waals surface area contributed by atoms with Crippen molar-refractivity contribution >= 4 is 10.0 Å². The van der Waals surface area contributed by atoms with Crippen LogP contribution in [0.25, 0.3) is 0 Å². The third-order valence-electron chi connectivity index (χ3n) is 3.47. The topological polar surface area (TPSA) is 67.4 Å². The third-order valence-corrected chi connectivity index (χ3v) is 4.95. The Labute approximate surface area is 141 Å². The molecule has 0 aliphatic heterocycles. The Morgan fingerprint density at radius 2 is 1.79 bits per heavy atom. The minimum Gasteiger partial charge on any atom is -0.494 e. The Bertz CT molecular complexity index is 777. The number of halogens is 1. The first-order valence-corrected chi connectivity index (χ1v) is 9.00. The molecule has 0 aromatic heterocycles. The van der Waals surface area contributed by atoms with E-state index in [-0.39, 0.29) is 17.2 Å². The van der Waals surface area contributed by atoms with Crippen LogP contribution < -0.4 is 14.8 Å². The highest BCUT2D eigenvalue weighted by molar-refractivity contribution is 7.89. The average Bonchev–Trinajstić information content (AvgIpc) is 2.55. The molecule has 24 heavy (non-hydrogen) atoms. The van der Waals surface area contributed by atoms with Crippen molar-refractivity contribution in [2.24, 2.45) is 0 Å². The quantitative estimate of drug-likeness (QED) is 0.715. The van der Waals surface area contributed by atoms with Gasteiger partial charge in [0.05, 0.1) is 12.0 Å². The third kappa shape index (κ3) is 5.02. The molecule has 0 saturated heterocycles. The van der Waals surface area contributed by atoms with Gasteiger partial charge in [0.15, 0.2) is 11.6 Å². The molecule has 0 atom stereocenters. The van der Waals surface area contributed by atoms with Gasteiger partial charge in [-0.1, -0.05) is 23.8 Å². The fraction of sp³-hybridized carbons (Fsp3) is 0.294. The molecule has 0 radical (unpaired) electrons. The summed E-state index contributed by atoms with van der Waals surface area (Å²) in [6.45, 7) is 3.01. The van der Waals surface area contributed by atoms with Crippen LogP contribution in [0.15, 0.2) is 47.4 Å². The van der Waals surface area contributed by atoms with Gasteiger partial charge >= 0.3 is 0 Å². The van der Waals surface area contributed by atoms with E-state index in [1.54, 1.807) is 36.4 Å². The van der Waals surface area contributed by atoms with E-state index in [9.17, 15) is 12.8 Å². The molecule has 2 aromatic carbocycles. The van der Waals surface area contributed by atoms with Gasteiger partial charge in [0.25, 0.3) is 0 Å². The number of ether oxygens (including phenoxy) is 1. The SMILES string of the molecule is COc1ccc(CNCCNS(=O)(=O)c2ccc(C)cc2)cc1F. The van der Waals surface area contributed by atoms with Crippen molar-refractivity contribution in [2.75, 3.05) is 20.2 Å². The predicted octanol–water partition coefficient (Wildman–Crippen LogP) is 2.21. The minimum absolute atomic E-state index is 0.199. The molecule has 0 bridgehead atoms. The first kappa shape index (κ1) is 18.4. The van der Waals surface area contributed by atoms with Crippen LogP contribution >= 0.6 is 0 Å². The van der Waals surface area contributed by atoms with Gasteiger partial charge in [-0.3, -0.25) is 0 Å². The van der Waals surface area contributed by atoms with Crippen LogP contribution in [-0.2, 0) is 16.6 Å². The first-order chi connectivity index (χ1) is 11.4. The summed E-state index contributed by atoms with van der Waals surface area (Å²) in [5.41, 5.74) is 1.76. The lowest BCUT2D eigenvalue weighted by Gasteiger charge is -2.09. The van der Waals surface area contributed by atoms with Gasteiger partial charge in [-0.05, 0) is 36.8 Å². The van der Waals surface area contributed by atoms with Crippen LogP contribution in [0.3, 0.4) is 0 Å². The molecule has 0 saturated carbocycles. The van der Waals surface area contributed by atoms with Crippen LogP contribution in [0, 0.1) is 12.7 Å². The van der Waals surface area contributed by atoms with E-state index < -0.39 is 15.8 Å². The number of hydrogen-bond acceptors (Lipinski definition) is 4. The van der Waals surface area contributed by atoms with Crippen LogP contribution in [-0.4, -0.2) is 28.6 Å². The van der Waals surface area contributed by atoms with E-state index in [1.807, 2.05) is 6.92 Å². The van der Waals surface area contributed by atoms with Crippen molar-refractivity contribution in [3.8, 4) is 5.75 Å². The fourth-order valence-corrected chi connectivity index (χ4v) is 3.16. The number of benzene rings is 2. The monoisotopic (exact) mass is 352 g/mol. The summed E-state index contributed by atoms with van der Waals surface area (Å²) in [6, 6.07) is 11.4. The number of hydrogen-bond donors (Lipinski definition) is 2. The summed E-state index contributed by atoms with van der Waals surface area (Å²) < 4.78 is 45.1. The molecule has 2 rings (SSSR count). The normalized spacial score (nSPS) is 11.5. The molecular formula is C17H21FN2O3S. The molecule has 5 nitrogen and oxygen atoms in total. The maximum Gasteiger partial charge on any atom is 0.240 e. The zero-order chi connectivity index (χ0) is 17.6. The highest BCUT2D eigenvalue weighted by atomic mass is 32.2. The van der Waals surface area contributed by atoms with Gasteiger partial charge in [-0.15, -0.1) is 0 Å². The zero-order valence-corrected chi connectivity index (χ0v) is 14.5. The van der Waals surface area contributed by atoms with Gasteiger partial charge in [0, 0.05) is 19.6 Å². The van der Waals surface area contributed by atoms with E-state index in [2.05, 4.69) is 10.0 Å². The molecule has 130 valence electrons. The van der Waals surface area contributed by atoms with Crippen molar-refractivity contribution in [2.45, 2.75) is 18.4 Å². The summed E-state index contributed by atoms with van der Waals surface area (Å²) in [7, 11) is -2.09. The zero-order valence-electron chi connectivity index (χ0n) is 13.7. The number of rotatable bonds is 8. The van der Waals surface area contributed by atoms with E-state index in [0.29, 0.717) is 13.1 Å². The molecule has 0 unspecified atom stereocenters. The molecule has 0 heterocycles. The second-order valence-electron chi connectivity index (χ2n) is 5.36. The molecule has 0 spiro atoms. The number of nitrogens with one attached hydrogen (secondary N) is 2. The molecule has 0 aliphatic rings. The molecule has 2 aromatic rings. The first-order valence-electron chi connectivity index (χ1n) is 7.52. The minimum atomic E-state index is -3.50. The predicted molar refractivity (Wildman–Crippen MR) is 91.0 cm³/mol. The van der Waals surface area contributed by atoms with E-state index in [0.717, 1.165) is 11.1 Å². The van der Waals surface area contributed by atoms with Crippen molar-refractivity contribution < 1.29 is 17.5 Å². The van der Waals surface area contributed by atoms with Crippen LogP contribution in [0.2, 0.25) is 0 Å². The summed E-state index contributed by atoms with van der Waals surface area (Å²) in [4.78, 5) is 0.241. The van der Waals surface area contributed by atoms with Crippen molar-refractivity contribution in [3.05, 3.63) is 59.4 Å². The summed E-state index contributed by atoms with van der Waals surface area (Å²) >= 11 is 0. The van der Waals surface area contributed by atoms with E-state index in [1.165, 1.54) is 13.2 Å². The second kappa shape index (κ2) is 8.23. The van der Waals surface area contributed by atoms with Crippen molar-refractivity contribution in [1.29, 1.82) is 0 Å². The van der Waals surface area contributed by atoms with Gasteiger partial charge in [0.2, 0.25) is 10.0 Å². The van der Waals surface area contributed by atoms with Crippen LogP contribution in [0.5, 0.6) is 5.75 Å². The second-order valence-corrected chi connectivity index (χ2v) is 7.12. The Kier molecular flexibility index (Phi) is 6.30. The van der Waals surface area contributed by atoms with E-state index in [4.69, 9.17) is 4.74 Å². The molecule has 0 aliphatic carbocycles. The van der Waals surface area contributed by atoms with Gasteiger partial charge in [-0.2, -0.15) is 0 Å². The molecule has 0 fully saturated rings. The lowest BCUT2D eigenvalue weighted by Crippen LogP contribution is -2.31. The molecule has 0 amide bonds. The Morgan fingerprint density at radius 1 is 1.08 bits per heavy atom. The number of aryl methyl sites for hydroxylation is 1. The fourth-order valence-electron chi connectivity index (χ4n) is 2.13. The lowest BCUT2D eigenvalue weighted by molar-refractivity contribution is 0.386. The summed E-state index contributed by atoms with van der Waals surface area (Å²) in [6.07, 6.45) is 0. The van der Waals surface area contributed by atoms with Gasteiger partial charge in [-0.25, -0.2) is 17.5 Å². The van der Waals surface area contributed by atoms with Gasteiger partial charge < -0.3 is 10.1 Å². The average molecular weight is 352 g/mol. The number of sulfonamides is 1. The molecular weight excluding hydrogens is 331 g/mol. The molecule has 2 N–H and O–H groups in total. The lowest BCUT2D eigenvalue weighted by atomic mass is 10.2. The van der Waals surface area contributed by atoms with Crippen molar-refractivity contribution in [3.63, 3.8) is 0 Å². The van der Waals surface area contributed by atoms with Gasteiger partial charge in [0.1, 0.15) is 0 Å².